The standard InChI is InChI=1S/C14H18N4O3/c1-9-3-2-4-11(7-9)17-13(20)15-6-5-10-8-16-14(21)18-12(10)19/h2-4,7-8,12,19H,5-6H2,1H3,(H2,15,17,20)(H2,16,18,21)/t12-/m1/s1. The molecule has 1 atom stereocenters. The Morgan fingerprint density at radius 2 is 2.24 bits per heavy atom. The molecule has 0 saturated heterocycles. The van der Waals surface area contributed by atoms with Gasteiger partial charge in [-0.1, -0.05) is 12.1 Å². The first-order valence-electron chi connectivity index (χ1n) is 6.60. The molecular formula is C14H18N4O3. The van der Waals surface area contributed by atoms with Gasteiger partial charge in [-0.15, -0.1) is 0 Å². The maximum atomic E-state index is 11.7. The summed E-state index contributed by atoms with van der Waals surface area (Å²) in [5.41, 5.74) is 2.38. The number of urea groups is 2. The van der Waals surface area contributed by atoms with E-state index < -0.39 is 12.3 Å². The topological polar surface area (TPSA) is 102 Å². The van der Waals surface area contributed by atoms with Crippen molar-refractivity contribution in [3.63, 3.8) is 0 Å². The van der Waals surface area contributed by atoms with Gasteiger partial charge in [0.15, 0.2) is 6.23 Å². The van der Waals surface area contributed by atoms with Crippen LogP contribution in [0, 0.1) is 6.92 Å². The third kappa shape index (κ3) is 4.50. The predicted molar refractivity (Wildman–Crippen MR) is 78.6 cm³/mol. The van der Waals surface area contributed by atoms with Gasteiger partial charge in [-0.3, -0.25) is 0 Å². The zero-order valence-electron chi connectivity index (χ0n) is 11.6. The summed E-state index contributed by atoms with van der Waals surface area (Å²) in [6.07, 6.45) is 0.861. The number of rotatable bonds is 4. The average molecular weight is 290 g/mol. The summed E-state index contributed by atoms with van der Waals surface area (Å²) in [4.78, 5) is 22.6. The molecule has 0 aromatic heterocycles. The molecule has 0 aliphatic carbocycles. The second-order valence-corrected chi connectivity index (χ2v) is 4.74. The van der Waals surface area contributed by atoms with Gasteiger partial charge in [-0.05, 0) is 36.6 Å². The van der Waals surface area contributed by atoms with Crippen molar-refractivity contribution in [2.75, 3.05) is 11.9 Å². The highest BCUT2D eigenvalue weighted by molar-refractivity contribution is 5.89. The van der Waals surface area contributed by atoms with E-state index in [0.717, 1.165) is 11.3 Å². The van der Waals surface area contributed by atoms with Crippen molar-refractivity contribution < 1.29 is 14.7 Å². The SMILES string of the molecule is Cc1cccc(NC(=O)NCCC2=CNC(=O)N[C@@H]2O)c1. The molecule has 4 amide bonds. The van der Waals surface area contributed by atoms with Crippen LogP contribution in [0.5, 0.6) is 0 Å². The minimum absolute atomic E-state index is 0.316. The molecule has 0 fully saturated rings. The average Bonchev–Trinajstić information content (AvgIpc) is 2.41. The van der Waals surface area contributed by atoms with E-state index >= 15 is 0 Å². The third-order valence-electron chi connectivity index (χ3n) is 2.98. The van der Waals surface area contributed by atoms with Gasteiger partial charge < -0.3 is 26.4 Å². The Labute approximate surface area is 122 Å². The lowest BCUT2D eigenvalue weighted by Crippen LogP contribution is -2.46. The van der Waals surface area contributed by atoms with Crippen LogP contribution in [0.25, 0.3) is 0 Å². The lowest BCUT2D eigenvalue weighted by Gasteiger charge is -2.21. The summed E-state index contributed by atoms with van der Waals surface area (Å²) in [5.74, 6) is 0. The molecule has 0 radical (unpaired) electrons. The van der Waals surface area contributed by atoms with E-state index in [1.807, 2.05) is 25.1 Å². The molecule has 7 heteroatoms. The van der Waals surface area contributed by atoms with Crippen LogP contribution in [-0.2, 0) is 0 Å². The van der Waals surface area contributed by atoms with Gasteiger partial charge in [0.05, 0.1) is 0 Å². The highest BCUT2D eigenvalue weighted by Gasteiger charge is 2.18. The van der Waals surface area contributed by atoms with Crippen LogP contribution < -0.4 is 21.3 Å². The number of carbonyl (C=O) groups excluding carboxylic acids is 2. The largest absolute Gasteiger partial charge is 0.370 e. The van der Waals surface area contributed by atoms with Crippen molar-refractivity contribution in [2.45, 2.75) is 19.6 Å². The Balaban J connectivity index is 1.76. The van der Waals surface area contributed by atoms with Gasteiger partial charge in [0.1, 0.15) is 0 Å². The molecule has 0 unspecified atom stereocenters. The fourth-order valence-electron chi connectivity index (χ4n) is 1.92. The van der Waals surface area contributed by atoms with E-state index in [2.05, 4.69) is 21.3 Å². The van der Waals surface area contributed by atoms with E-state index in [-0.39, 0.29) is 6.03 Å². The molecule has 1 aromatic rings. The molecule has 1 heterocycles. The first-order valence-corrected chi connectivity index (χ1v) is 6.60. The Kier molecular flexibility index (Phi) is 4.78. The summed E-state index contributed by atoms with van der Waals surface area (Å²) in [6.45, 7) is 2.29. The minimum atomic E-state index is -1.01. The van der Waals surface area contributed by atoms with Crippen molar-refractivity contribution in [1.82, 2.24) is 16.0 Å². The number of hydrogen-bond donors (Lipinski definition) is 5. The van der Waals surface area contributed by atoms with Gasteiger partial charge in [0.2, 0.25) is 0 Å². The number of aliphatic hydroxyl groups excluding tert-OH is 1. The van der Waals surface area contributed by atoms with E-state index in [1.54, 1.807) is 6.07 Å². The minimum Gasteiger partial charge on any atom is -0.370 e. The van der Waals surface area contributed by atoms with Crippen molar-refractivity contribution in [1.29, 1.82) is 0 Å². The van der Waals surface area contributed by atoms with Gasteiger partial charge in [0.25, 0.3) is 0 Å². The van der Waals surface area contributed by atoms with Crippen molar-refractivity contribution in [3.05, 3.63) is 41.6 Å². The fraction of sp³-hybridized carbons (Fsp3) is 0.286. The van der Waals surface area contributed by atoms with Crippen LogP contribution in [0.2, 0.25) is 0 Å². The molecule has 7 nitrogen and oxygen atoms in total. The number of benzene rings is 1. The van der Waals surface area contributed by atoms with Crippen LogP contribution in [0.4, 0.5) is 15.3 Å². The molecule has 112 valence electrons. The second kappa shape index (κ2) is 6.76. The Bertz CT molecular complexity index is 571. The lowest BCUT2D eigenvalue weighted by atomic mass is 10.1. The Morgan fingerprint density at radius 1 is 1.43 bits per heavy atom. The van der Waals surface area contributed by atoms with Gasteiger partial charge in [-0.2, -0.15) is 0 Å². The maximum Gasteiger partial charge on any atom is 0.321 e. The maximum absolute atomic E-state index is 11.7. The monoisotopic (exact) mass is 290 g/mol. The summed E-state index contributed by atoms with van der Waals surface area (Å²) < 4.78 is 0. The molecule has 0 saturated carbocycles. The Hall–Kier alpha value is -2.54. The molecule has 1 aliphatic heterocycles. The predicted octanol–water partition coefficient (Wildman–Crippen LogP) is 1.02. The van der Waals surface area contributed by atoms with Crippen LogP contribution in [0.1, 0.15) is 12.0 Å². The molecular weight excluding hydrogens is 272 g/mol. The first-order chi connectivity index (χ1) is 10.0. The van der Waals surface area contributed by atoms with Crippen LogP contribution >= 0.6 is 0 Å². The molecule has 0 spiro atoms. The smallest absolute Gasteiger partial charge is 0.321 e. The molecule has 2 rings (SSSR count). The highest BCUT2D eigenvalue weighted by Crippen LogP contribution is 2.09. The lowest BCUT2D eigenvalue weighted by molar-refractivity contribution is 0.161. The Morgan fingerprint density at radius 3 is 2.95 bits per heavy atom. The number of hydrogen-bond acceptors (Lipinski definition) is 3. The van der Waals surface area contributed by atoms with E-state index in [4.69, 9.17) is 0 Å². The highest BCUT2D eigenvalue weighted by atomic mass is 16.3. The van der Waals surface area contributed by atoms with Crippen molar-refractivity contribution in [2.24, 2.45) is 0 Å². The summed E-state index contributed by atoms with van der Waals surface area (Å²) in [5, 5.41) is 19.8. The van der Waals surface area contributed by atoms with E-state index in [9.17, 15) is 14.7 Å². The van der Waals surface area contributed by atoms with E-state index in [1.165, 1.54) is 6.20 Å². The number of aliphatic hydroxyl groups is 1. The van der Waals surface area contributed by atoms with Crippen LogP contribution in [0.3, 0.4) is 0 Å². The summed E-state index contributed by atoms with van der Waals surface area (Å²) >= 11 is 0. The van der Waals surface area contributed by atoms with Gasteiger partial charge >= 0.3 is 12.1 Å². The molecule has 1 aromatic carbocycles. The van der Waals surface area contributed by atoms with Crippen LogP contribution in [-0.4, -0.2) is 29.9 Å². The van der Waals surface area contributed by atoms with Crippen molar-refractivity contribution in [3.8, 4) is 0 Å². The second-order valence-electron chi connectivity index (χ2n) is 4.74. The number of anilines is 1. The third-order valence-corrected chi connectivity index (χ3v) is 2.98. The summed E-state index contributed by atoms with van der Waals surface area (Å²) in [6, 6.07) is 6.72. The normalized spacial score (nSPS) is 17.3. The molecule has 21 heavy (non-hydrogen) atoms. The number of aryl methyl sites for hydroxylation is 1. The van der Waals surface area contributed by atoms with Gasteiger partial charge in [-0.25, -0.2) is 9.59 Å². The van der Waals surface area contributed by atoms with Crippen molar-refractivity contribution >= 4 is 17.7 Å². The molecule has 1 aliphatic rings. The number of amides is 4. The number of carbonyl (C=O) groups is 2. The molecule has 0 bridgehead atoms. The quantitative estimate of drug-likeness (QED) is 0.572. The fourth-order valence-corrected chi connectivity index (χ4v) is 1.92. The van der Waals surface area contributed by atoms with Gasteiger partial charge in [0, 0.05) is 18.4 Å². The number of nitrogens with one attached hydrogen (secondary N) is 4. The van der Waals surface area contributed by atoms with E-state index in [0.29, 0.717) is 18.5 Å². The zero-order valence-corrected chi connectivity index (χ0v) is 11.6. The van der Waals surface area contributed by atoms with Crippen LogP contribution in [0.15, 0.2) is 36.0 Å². The zero-order chi connectivity index (χ0) is 15.2. The summed E-state index contributed by atoms with van der Waals surface area (Å²) in [7, 11) is 0. The molecule has 5 N–H and O–H groups in total. The first kappa shape index (κ1) is 14.9.